The van der Waals surface area contributed by atoms with E-state index in [0.717, 1.165) is 11.5 Å². The summed E-state index contributed by atoms with van der Waals surface area (Å²) < 4.78 is 1.76. The van der Waals surface area contributed by atoms with Gasteiger partial charge in [-0.3, -0.25) is 0 Å². The topological polar surface area (TPSA) is 69.6 Å². The summed E-state index contributed by atoms with van der Waals surface area (Å²) in [6.45, 7) is 1.82. The Bertz CT molecular complexity index is 507. The Labute approximate surface area is 93.3 Å². The number of nitrogens with two attached hydrogens (primary N) is 1. The molecule has 5 nitrogen and oxygen atoms in total. The van der Waals surface area contributed by atoms with Gasteiger partial charge in [-0.15, -0.1) is 0 Å². The van der Waals surface area contributed by atoms with Crippen LogP contribution >= 0.6 is 0 Å². The van der Waals surface area contributed by atoms with Crippen molar-refractivity contribution in [1.29, 1.82) is 0 Å². The van der Waals surface area contributed by atoms with Gasteiger partial charge in [0.25, 0.3) is 0 Å². The lowest BCUT2D eigenvalue weighted by Gasteiger charge is -2.02. The maximum absolute atomic E-state index is 5.68. The third kappa shape index (κ3) is 1.64. The Morgan fingerprint density at radius 1 is 1.38 bits per heavy atom. The van der Waals surface area contributed by atoms with Gasteiger partial charge < -0.3 is 5.73 Å². The van der Waals surface area contributed by atoms with Crippen LogP contribution in [-0.2, 0) is 0 Å². The first-order valence-electron chi connectivity index (χ1n) is 5.39. The van der Waals surface area contributed by atoms with Crippen LogP contribution in [-0.4, -0.2) is 19.7 Å². The van der Waals surface area contributed by atoms with Gasteiger partial charge in [0.2, 0.25) is 0 Å². The van der Waals surface area contributed by atoms with Crippen molar-refractivity contribution in [3.8, 4) is 5.82 Å². The molecule has 0 atom stereocenters. The monoisotopic (exact) mass is 215 g/mol. The van der Waals surface area contributed by atoms with Crippen molar-refractivity contribution in [3.63, 3.8) is 0 Å². The first-order chi connectivity index (χ1) is 7.72. The van der Waals surface area contributed by atoms with E-state index in [1.807, 2.05) is 19.2 Å². The molecule has 0 bridgehead atoms. The zero-order valence-electron chi connectivity index (χ0n) is 9.09. The fraction of sp³-hybridized carbons (Fsp3) is 0.364. The van der Waals surface area contributed by atoms with E-state index < -0.39 is 0 Å². The summed E-state index contributed by atoms with van der Waals surface area (Å²) in [5.41, 5.74) is 6.83. The van der Waals surface area contributed by atoms with Crippen molar-refractivity contribution in [2.45, 2.75) is 25.7 Å². The fourth-order valence-electron chi connectivity index (χ4n) is 1.75. The van der Waals surface area contributed by atoms with Crippen molar-refractivity contribution in [3.05, 3.63) is 29.8 Å². The highest BCUT2D eigenvalue weighted by Gasteiger charge is 2.25. The highest BCUT2D eigenvalue weighted by Crippen LogP contribution is 2.38. The second kappa shape index (κ2) is 3.30. The molecule has 82 valence electrons. The van der Waals surface area contributed by atoms with E-state index in [1.54, 1.807) is 10.7 Å². The van der Waals surface area contributed by atoms with Crippen LogP contribution < -0.4 is 5.73 Å². The highest BCUT2D eigenvalue weighted by atomic mass is 15.3. The molecule has 0 aliphatic heterocycles. The van der Waals surface area contributed by atoms with Crippen molar-refractivity contribution in [2.24, 2.45) is 0 Å². The Kier molecular flexibility index (Phi) is 1.92. The molecule has 0 spiro atoms. The number of hydrogen-bond acceptors (Lipinski definition) is 4. The summed E-state index contributed by atoms with van der Waals surface area (Å²) in [5, 5.41) is 4.50. The molecule has 0 amide bonds. The number of hydrogen-bond donors (Lipinski definition) is 1. The molecule has 2 N–H and O–H groups in total. The zero-order valence-corrected chi connectivity index (χ0v) is 9.09. The van der Waals surface area contributed by atoms with Gasteiger partial charge in [0.1, 0.15) is 11.6 Å². The van der Waals surface area contributed by atoms with Gasteiger partial charge in [-0.1, -0.05) is 0 Å². The summed E-state index contributed by atoms with van der Waals surface area (Å²) in [6, 6.07) is 3.78. The third-order valence-electron chi connectivity index (χ3n) is 2.68. The Hall–Kier alpha value is -1.91. The number of rotatable bonds is 2. The van der Waals surface area contributed by atoms with Crippen molar-refractivity contribution in [1.82, 2.24) is 19.7 Å². The number of nitrogen functional groups attached to an aromatic ring is 1. The summed E-state index contributed by atoms with van der Waals surface area (Å²) in [6.07, 6.45) is 4.43. The van der Waals surface area contributed by atoms with Crippen LogP contribution in [0.3, 0.4) is 0 Å². The first-order valence-corrected chi connectivity index (χ1v) is 5.39. The molecular formula is C11H13N5. The van der Waals surface area contributed by atoms with E-state index in [2.05, 4.69) is 15.1 Å². The van der Waals surface area contributed by atoms with E-state index in [-0.39, 0.29) is 0 Å². The molecule has 16 heavy (non-hydrogen) atoms. The van der Waals surface area contributed by atoms with Gasteiger partial charge in [-0.25, -0.2) is 14.6 Å². The quantitative estimate of drug-likeness (QED) is 0.822. The maximum atomic E-state index is 5.68. The molecule has 0 unspecified atom stereocenters. The lowest BCUT2D eigenvalue weighted by atomic mass is 10.3. The van der Waals surface area contributed by atoms with Crippen molar-refractivity contribution in [2.75, 3.05) is 5.73 Å². The molecule has 1 fully saturated rings. The van der Waals surface area contributed by atoms with Gasteiger partial charge in [0.15, 0.2) is 5.82 Å². The minimum Gasteiger partial charge on any atom is -0.384 e. The molecule has 2 aromatic rings. The minimum atomic E-state index is 0.478. The van der Waals surface area contributed by atoms with E-state index in [4.69, 9.17) is 5.73 Å². The van der Waals surface area contributed by atoms with Crippen molar-refractivity contribution >= 4 is 5.82 Å². The summed E-state index contributed by atoms with van der Waals surface area (Å²) in [7, 11) is 0. The van der Waals surface area contributed by atoms with Crippen LogP contribution in [0, 0.1) is 6.92 Å². The lowest BCUT2D eigenvalue weighted by molar-refractivity contribution is 0.801. The van der Waals surface area contributed by atoms with Gasteiger partial charge >= 0.3 is 0 Å². The lowest BCUT2D eigenvalue weighted by Crippen LogP contribution is -2.04. The average Bonchev–Trinajstić information content (AvgIpc) is 2.95. The average molecular weight is 215 g/mol. The second-order valence-corrected chi connectivity index (χ2v) is 4.16. The summed E-state index contributed by atoms with van der Waals surface area (Å²) in [4.78, 5) is 8.35. The predicted octanol–water partition coefficient (Wildman–Crippen LogP) is 1.43. The molecule has 2 heterocycles. The molecule has 0 radical (unpaired) electrons. The van der Waals surface area contributed by atoms with E-state index >= 15 is 0 Å². The van der Waals surface area contributed by atoms with E-state index in [0.29, 0.717) is 17.6 Å². The van der Waals surface area contributed by atoms with Crippen LogP contribution in [0.15, 0.2) is 18.3 Å². The van der Waals surface area contributed by atoms with Gasteiger partial charge in [0.05, 0.1) is 5.69 Å². The molecule has 0 saturated heterocycles. The van der Waals surface area contributed by atoms with Crippen LogP contribution in [0.1, 0.15) is 30.3 Å². The Morgan fingerprint density at radius 3 is 2.88 bits per heavy atom. The number of aromatic nitrogens is 4. The largest absolute Gasteiger partial charge is 0.384 e. The Balaban J connectivity index is 2.00. The highest BCUT2D eigenvalue weighted by molar-refractivity contribution is 5.37. The molecule has 0 aromatic carbocycles. The molecule has 3 rings (SSSR count). The van der Waals surface area contributed by atoms with E-state index in [1.165, 1.54) is 12.8 Å². The van der Waals surface area contributed by atoms with E-state index in [9.17, 15) is 0 Å². The zero-order chi connectivity index (χ0) is 11.1. The van der Waals surface area contributed by atoms with Crippen LogP contribution in [0.4, 0.5) is 5.82 Å². The first kappa shape index (κ1) is 9.33. The smallest absolute Gasteiger partial charge is 0.159 e. The molecule has 1 aliphatic carbocycles. The van der Waals surface area contributed by atoms with Gasteiger partial charge in [-0.2, -0.15) is 5.10 Å². The number of anilines is 1. The summed E-state index contributed by atoms with van der Waals surface area (Å²) in [5.74, 6) is 2.53. The Morgan fingerprint density at radius 2 is 2.19 bits per heavy atom. The normalized spacial score (nSPS) is 15.3. The minimum absolute atomic E-state index is 0.478. The standard InChI is InChI=1S/C11H13N5/c1-7-13-10(12)6-11(14-7)16-5-4-9(15-16)8-2-3-8/h4-6,8H,2-3H2,1H3,(H2,12,13,14). The number of nitrogens with zero attached hydrogens (tertiary/aromatic N) is 4. The van der Waals surface area contributed by atoms with Crippen LogP contribution in [0.25, 0.3) is 5.82 Å². The SMILES string of the molecule is Cc1nc(N)cc(-n2ccc(C3CC3)n2)n1. The molecule has 5 heteroatoms. The van der Waals surface area contributed by atoms with Crippen LogP contribution in [0.5, 0.6) is 0 Å². The summed E-state index contributed by atoms with van der Waals surface area (Å²) >= 11 is 0. The van der Waals surface area contributed by atoms with Crippen molar-refractivity contribution < 1.29 is 0 Å². The predicted molar refractivity (Wildman–Crippen MR) is 60.3 cm³/mol. The maximum Gasteiger partial charge on any atom is 0.159 e. The number of aryl methyl sites for hydroxylation is 1. The second-order valence-electron chi connectivity index (χ2n) is 4.16. The van der Waals surface area contributed by atoms with Crippen LogP contribution in [0.2, 0.25) is 0 Å². The molecule has 1 saturated carbocycles. The van der Waals surface area contributed by atoms with Gasteiger partial charge in [-0.05, 0) is 25.8 Å². The fourth-order valence-corrected chi connectivity index (χ4v) is 1.75. The molecule has 1 aliphatic rings. The molecule has 2 aromatic heterocycles. The third-order valence-corrected chi connectivity index (χ3v) is 2.68. The van der Waals surface area contributed by atoms with Gasteiger partial charge in [0, 0.05) is 18.2 Å². The molecular weight excluding hydrogens is 202 g/mol.